The monoisotopic (exact) mass is 195 g/mol. The van der Waals surface area contributed by atoms with Gasteiger partial charge in [0.15, 0.2) is 0 Å². The smallest absolute Gasteiger partial charge is 0.332 e. The highest BCUT2D eigenvalue weighted by molar-refractivity contribution is 5.82. The third-order valence-electron chi connectivity index (χ3n) is 2.28. The van der Waals surface area contributed by atoms with E-state index >= 15 is 0 Å². The summed E-state index contributed by atoms with van der Waals surface area (Å²) in [6.45, 7) is 7.81. The van der Waals surface area contributed by atoms with E-state index in [0.717, 1.165) is 18.8 Å². The van der Waals surface area contributed by atoms with Crippen molar-refractivity contribution >= 4 is 5.97 Å². The predicted octanol–water partition coefficient (Wildman–Crippen LogP) is 1.72. The molecular formula is C11H17NO2. The highest BCUT2D eigenvalue weighted by atomic mass is 16.5. The fourth-order valence-corrected chi connectivity index (χ4v) is 1.51. The van der Waals surface area contributed by atoms with Crippen molar-refractivity contribution in [1.29, 1.82) is 0 Å². The first-order valence-corrected chi connectivity index (χ1v) is 4.95. The molecule has 0 aromatic carbocycles. The third-order valence-corrected chi connectivity index (χ3v) is 2.28. The van der Waals surface area contributed by atoms with Gasteiger partial charge in [-0.05, 0) is 19.8 Å². The summed E-state index contributed by atoms with van der Waals surface area (Å²) in [5.41, 5.74) is 0.997. The van der Waals surface area contributed by atoms with E-state index in [9.17, 15) is 4.79 Å². The van der Waals surface area contributed by atoms with Gasteiger partial charge < -0.3 is 9.64 Å². The minimum Gasteiger partial charge on any atom is -0.458 e. The van der Waals surface area contributed by atoms with Gasteiger partial charge in [0.25, 0.3) is 0 Å². The van der Waals surface area contributed by atoms with E-state index in [1.165, 1.54) is 12.8 Å². The molecule has 0 bridgehead atoms. The van der Waals surface area contributed by atoms with Crippen LogP contribution in [-0.4, -0.2) is 30.6 Å². The van der Waals surface area contributed by atoms with Crippen LogP contribution in [0.15, 0.2) is 24.4 Å². The number of carbonyl (C=O) groups excluding carboxylic acids is 1. The molecule has 3 nitrogen and oxygen atoms in total. The summed E-state index contributed by atoms with van der Waals surface area (Å²) in [7, 11) is 0. The summed E-state index contributed by atoms with van der Waals surface area (Å²) < 4.78 is 4.86. The molecule has 14 heavy (non-hydrogen) atoms. The molecule has 0 saturated carbocycles. The van der Waals surface area contributed by atoms with Crippen molar-refractivity contribution in [1.82, 2.24) is 4.90 Å². The Morgan fingerprint density at radius 3 is 2.71 bits per heavy atom. The molecule has 1 aliphatic rings. The molecule has 0 aromatic heterocycles. The van der Waals surface area contributed by atoms with Gasteiger partial charge >= 0.3 is 5.97 Å². The maximum absolute atomic E-state index is 11.2. The van der Waals surface area contributed by atoms with Crippen molar-refractivity contribution in [2.75, 3.05) is 19.7 Å². The Bertz CT molecular complexity index is 240. The van der Waals surface area contributed by atoms with Gasteiger partial charge in [-0.3, -0.25) is 0 Å². The lowest BCUT2D eigenvalue weighted by Crippen LogP contribution is -2.18. The number of hydrogen-bond donors (Lipinski definition) is 0. The van der Waals surface area contributed by atoms with Gasteiger partial charge in [0, 0.05) is 24.9 Å². The van der Waals surface area contributed by atoms with Crippen molar-refractivity contribution in [3.63, 3.8) is 0 Å². The molecule has 0 unspecified atom stereocenters. The zero-order chi connectivity index (χ0) is 10.4. The summed E-state index contributed by atoms with van der Waals surface area (Å²) >= 11 is 0. The lowest BCUT2D eigenvalue weighted by atomic mass is 10.4. The van der Waals surface area contributed by atoms with Crippen molar-refractivity contribution in [2.24, 2.45) is 0 Å². The molecule has 0 spiro atoms. The minimum absolute atomic E-state index is 0.280. The maximum Gasteiger partial charge on any atom is 0.332 e. The largest absolute Gasteiger partial charge is 0.458 e. The summed E-state index contributed by atoms with van der Waals surface area (Å²) in [6.07, 6.45) is 5.55. The van der Waals surface area contributed by atoms with E-state index < -0.39 is 0 Å². The van der Waals surface area contributed by atoms with Gasteiger partial charge in [0.1, 0.15) is 6.61 Å². The molecule has 0 amide bonds. The molecule has 78 valence electrons. The fraction of sp³-hybridized carbons (Fsp3) is 0.545. The second-order valence-electron chi connectivity index (χ2n) is 3.40. The first-order valence-electron chi connectivity index (χ1n) is 4.95. The Kier molecular flexibility index (Phi) is 4.23. The number of esters is 1. The van der Waals surface area contributed by atoms with Crippen molar-refractivity contribution in [2.45, 2.75) is 19.8 Å². The van der Waals surface area contributed by atoms with Gasteiger partial charge in [0.2, 0.25) is 0 Å². The number of carbonyl (C=O) groups is 1. The van der Waals surface area contributed by atoms with E-state index in [2.05, 4.69) is 11.5 Å². The molecule has 1 rings (SSSR count). The molecule has 1 fully saturated rings. The van der Waals surface area contributed by atoms with E-state index in [-0.39, 0.29) is 12.6 Å². The van der Waals surface area contributed by atoms with Crippen LogP contribution in [0.2, 0.25) is 0 Å². The lowest BCUT2D eigenvalue weighted by molar-refractivity contribution is -0.136. The van der Waals surface area contributed by atoms with E-state index in [1.807, 2.05) is 6.92 Å². The second-order valence-corrected chi connectivity index (χ2v) is 3.40. The summed E-state index contributed by atoms with van der Waals surface area (Å²) in [6, 6.07) is 0. The highest BCUT2D eigenvalue weighted by Crippen LogP contribution is 2.13. The Labute approximate surface area is 85.0 Å². The third kappa shape index (κ3) is 3.24. The van der Waals surface area contributed by atoms with Crippen LogP contribution in [0.1, 0.15) is 19.8 Å². The topological polar surface area (TPSA) is 29.5 Å². The van der Waals surface area contributed by atoms with Crippen LogP contribution in [0.5, 0.6) is 0 Å². The first kappa shape index (κ1) is 10.8. The van der Waals surface area contributed by atoms with Crippen molar-refractivity contribution in [3.8, 4) is 0 Å². The average Bonchev–Trinajstić information content (AvgIpc) is 2.67. The highest BCUT2D eigenvalue weighted by Gasteiger charge is 2.12. The lowest BCUT2D eigenvalue weighted by Gasteiger charge is -2.17. The Hall–Kier alpha value is -1.25. The molecule has 0 atom stereocenters. The molecule has 0 aromatic rings. The van der Waals surface area contributed by atoms with Crippen LogP contribution in [-0.2, 0) is 9.53 Å². The Morgan fingerprint density at radius 1 is 1.50 bits per heavy atom. The van der Waals surface area contributed by atoms with Crippen molar-refractivity contribution in [3.05, 3.63) is 24.4 Å². The molecule has 1 aliphatic heterocycles. The van der Waals surface area contributed by atoms with Crippen LogP contribution >= 0.6 is 0 Å². The molecule has 0 radical (unpaired) electrons. The van der Waals surface area contributed by atoms with Crippen LogP contribution in [0.25, 0.3) is 0 Å². The summed E-state index contributed by atoms with van der Waals surface area (Å²) in [5.74, 6) is -0.283. The molecule has 3 heteroatoms. The Balaban J connectivity index is 2.40. The van der Waals surface area contributed by atoms with E-state index in [4.69, 9.17) is 4.74 Å². The van der Waals surface area contributed by atoms with E-state index in [0.29, 0.717) is 0 Å². The standard InChI is InChI=1S/C11H17NO2/c1-3-8-14-11(13)9-10(2)12-6-4-5-7-12/h3,9H,1,4-8H2,2H3. The summed E-state index contributed by atoms with van der Waals surface area (Å²) in [5, 5.41) is 0. The van der Waals surface area contributed by atoms with E-state index in [1.54, 1.807) is 12.2 Å². The van der Waals surface area contributed by atoms with Gasteiger partial charge in [0.05, 0.1) is 0 Å². The number of hydrogen-bond acceptors (Lipinski definition) is 3. The van der Waals surface area contributed by atoms with Crippen LogP contribution in [0, 0.1) is 0 Å². The number of rotatable bonds is 4. The van der Waals surface area contributed by atoms with Gasteiger partial charge in [-0.25, -0.2) is 4.79 Å². The average molecular weight is 195 g/mol. The quantitative estimate of drug-likeness (QED) is 0.388. The normalized spacial score (nSPS) is 16.9. The molecule has 1 heterocycles. The number of ether oxygens (including phenoxy) is 1. The van der Waals surface area contributed by atoms with Gasteiger partial charge in [-0.15, -0.1) is 0 Å². The van der Waals surface area contributed by atoms with Crippen LogP contribution in [0.4, 0.5) is 0 Å². The second kappa shape index (κ2) is 5.47. The number of nitrogens with zero attached hydrogens (tertiary/aromatic N) is 1. The maximum atomic E-state index is 11.2. The van der Waals surface area contributed by atoms with Gasteiger partial charge in [-0.2, -0.15) is 0 Å². The fourth-order valence-electron chi connectivity index (χ4n) is 1.51. The molecule has 0 aliphatic carbocycles. The number of allylic oxidation sites excluding steroid dienone is 1. The van der Waals surface area contributed by atoms with Crippen molar-refractivity contribution < 1.29 is 9.53 Å². The minimum atomic E-state index is -0.283. The summed E-state index contributed by atoms with van der Waals surface area (Å²) in [4.78, 5) is 13.4. The molecular weight excluding hydrogens is 178 g/mol. The van der Waals surface area contributed by atoms with Gasteiger partial charge in [-0.1, -0.05) is 12.7 Å². The molecule has 0 N–H and O–H groups in total. The zero-order valence-corrected chi connectivity index (χ0v) is 8.66. The van der Waals surface area contributed by atoms with Crippen LogP contribution < -0.4 is 0 Å². The predicted molar refractivity (Wildman–Crippen MR) is 55.7 cm³/mol. The van der Waals surface area contributed by atoms with Crippen LogP contribution in [0.3, 0.4) is 0 Å². The molecule has 1 saturated heterocycles. The number of likely N-dealkylation sites (tertiary alicyclic amines) is 1. The Morgan fingerprint density at radius 2 is 2.14 bits per heavy atom. The SMILES string of the molecule is C=CCOC(=O)C=C(C)N1CCCC1. The zero-order valence-electron chi connectivity index (χ0n) is 8.66. The first-order chi connectivity index (χ1) is 6.74.